The van der Waals surface area contributed by atoms with Crippen molar-refractivity contribution in [2.75, 3.05) is 19.6 Å². The summed E-state index contributed by atoms with van der Waals surface area (Å²) in [5.41, 5.74) is 11.2. The summed E-state index contributed by atoms with van der Waals surface area (Å²) in [7, 11) is 0. The highest BCUT2D eigenvalue weighted by Crippen LogP contribution is 2.27. The first-order valence-electron chi connectivity index (χ1n) is 7.21. The van der Waals surface area contributed by atoms with Crippen LogP contribution in [-0.4, -0.2) is 29.1 Å². The molecule has 2 heterocycles. The van der Waals surface area contributed by atoms with Crippen LogP contribution in [0.4, 0.5) is 0 Å². The molecule has 0 saturated carbocycles. The van der Waals surface area contributed by atoms with E-state index in [9.17, 15) is 0 Å². The van der Waals surface area contributed by atoms with Gasteiger partial charge in [0.05, 0.1) is 0 Å². The third kappa shape index (κ3) is 2.28. The van der Waals surface area contributed by atoms with E-state index in [1.165, 1.54) is 27.7 Å². The van der Waals surface area contributed by atoms with Crippen molar-refractivity contribution >= 4 is 10.9 Å². The molecule has 2 N–H and O–H groups in total. The number of fused-ring (bicyclic) bond motifs is 3. The molecule has 1 aliphatic heterocycles. The lowest BCUT2D eigenvalue weighted by atomic mass is 10.1. The van der Waals surface area contributed by atoms with E-state index in [0.29, 0.717) is 0 Å². The van der Waals surface area contributed by atoms with E-state index < -0.39 is 0 Å². The fraction of sp³-hybridized carbons (Fsp3) is 0.500. The molecular weight excluding hydrogens is 234 g/mol. The van der Waals surface area contributed by atoms with Gasteiger partial charge in [0.15, 0.2) is 0 Å². The lowest BCUT2D eigenvalue weighted by Gasteiger charge is -2.28. The Balaban J connectivity index is 1.96. The van der Waals surface area contributed by atoms with Crippen molar-refractivity contribution in [2.45, 2.75) is 33.4 Å². The first kappa shape index (κ1) is 12.7. The summed E-state index contributed by atoms with van der Waals surface area (Å²) < 4.78 is 2.49. The van der Waals surface area contributed by atoms with Crippen LogP contribution in [-0.2, 0) is 13.1 Å². The molecule has 19 heavy (non-hydrogen) atoms. The van der Waals surface area contributed by atoms with Gasteiger partial charge in [-0.25, -0.2) is 0 Å². The fourth-order valence-corrected chi connectivity index (χ4v) is 3.22. The largest absolute Gasteiger partial charge is 0.342 e. The van der Waals surface area contributed by atoms with Crippen LogP contribution < -0.4 is 5.73 Å². The molecule has 0 bridgehead atoms. The van der Waals surface area contributed by atoms with E-state index in [2.05, 4.69) is 41.5 Å². The molecule has 0 unspecified atom stereocenters. The molecule has 1 aromatic heterocycles. The van der Waals surface area contributed by atoms with E-state index in [4.69, 9.17) is 5.73 Å². The Morgan fingerprint density at radius 1 is 1.16 bits per heavy atom. The van der Waals surface area contributed by atoms with Crippen LogP contribution in [0.1, 0.15) is 23.2 Å². The van der Waals surface area contributed by atoms with Crippen molar-refractivity contribution in [2.24, 2.45) is 5.73 Å². The third-order valence-corrected chi connectivity index (χ3v) is 4.16. The molecular formula is C16H23N3. The van der Waals surface area contributed by atoms with Crippen LogP contribution >= 0.6 is 0 Å². The molecule has 0 fully saturated rings. The number of nitrogens with two attached hydrogens (primary N) is 1. The normalized spacial score (nSPS) is 15.9. The molecule has 3 nitrogen and oxygen atoms in total. The predicted molar refractivity (Wildman–Crippen MR) is 80.4 cm³/mol. The van der Waals surface area contributed by atoms with Crippen molar-refractivity contribution < 1.29 is 0 Å². The van der Waals surface area contributed by atoms with Gasteiger partial charge in [-0.05, 0) is 56.6 Å². The standard InChI is InChI=1S/C16H23N3/c1-12-8-13(2)15-10-14-11-18(5-3-4-17)6-7-19(14)16(15)9-12/h8-10H,3-7,11,17H2,1-2H3. The van der Waals surface area contributed by atoms with Crippen LogP contribution in [0.15, 0.2) is 18.2 Å². The number of rotatable bonds is 3. The minimum Gasteiger partial charge on any atom is -0.342 e. The number of hydrogen-bond acceptors (Lipinski definition) is 2. The van der Waals surface area contributed by atoms with Gasteiger partial charge in [-0.3, -0.25) is 4.90 Å². The van der Waals surface area contributed by atoms with Gasteiger partial charge in [0.1, 0.15) is 0 Å². The lowest BCUT2D eigenvalue weighted by molar-refractivity contribution is 0.222. The van der Waals surface area contributed by atoms with Crippen LogP contribution in [0.2, 0.25) is 0 Å². The number of benzene rings is 1. The molecule has 0 atom stereocenters. The smallest absolute Gasteiger partial charge is 0.0488 e. The Morgan fingerprint density at radius 3 is 2.79 bits per heavy atom. The van der Waals surface area contributed by atoms with Gasteiger partial charge in [-0.1, -0.05) is 6.07 Å². The highest BCUT2D eigenvalue weighted by atomic mass is 15.2. The zero-order chi connectivity index (χ0) is 13.4. The zero-order valence-corrected chi connectivity index (χ0v) is 11.9. The van der Waals surface area contributed by atoms with Crippen LogP contribution in [0.5, 0.6) is 0 Å². The van der Waals surface area contributed by atoms with Gasteiger partial charge in [0.2, 0.25) is 0 Å². The first-order chi connectivity index (χ1) is 9.19. The molecule has 1 aromatic carbocycles. The Hall–Kier alpha value is -1.32. The van der Waals surface area contributed by atoms with Gasteiger partial charge < -0.3 is 10.3 Å². The second-order valence-corrected chi connectivity index (χ2v) is 5.72. The minimum absolute atomic E-state index is 0.789. The molecule has 3 rings (SSSR count). The van der Waals surface area contributed by atoms with E-state index in [-0.39, 0.29) is 0 Å². The van der Waals surface area contributed by atoms with E-state index in [0.717, 1.165) is 39.1 Å². The Labute approximate surface area is 115 Å². The monoisotopic (exact) mass is 257 g/mol. The van der Waals surface area contributed by atoms with Crippen molar-refractivity contribution in [3.05, 3.63) is 35.0 Å². The molecule has 0 saturated heterocycles. The molecule has 2 aromatic rings. The maximum atomic E-state index is 5.61. The van der Waals surface area contributed by atoms with Crippen LogP contribution in [0, 0.1) is 13.8 Å². The molecule has 1 aliphatic rings. The SMILES string of the molecule is Cc1cc(C)c2cc3n(c2c1)CCN(CCCN)C3. The molecule has 0 aliphatic carbocycles. The summed E-state index contributed by atoms with van der Waals surface area (Å²) in [6.45, 7) is 9.62. The van der Waals surface area contributed by atoms with Crippen molar-refractivity contribution in [3.63, 3.8) is 0 Å². The maximum Gasteiger partial charge on any atom is 0.0488 e. The molecule has 102 valence electrons. The summed E-state index contributed by atoms with van der Waals surface area (Å²) in [5, 5.41) is 1.42. The average Bonchev–Trinajstić information content (AvgIpc) is 2.75. The van der Waals surface area contributed by atoms with E-state index in [1.54, 1.807) is 0 Å². The van der Waals surface area contributed by atoms with Crippen LogP contribution in [0.3, 0.4) is 0 Å². The Bertz CT molecular complexity index is 598. The van der Waals surface area contributed by atoms with Gasteiger partial charge in [0.25, 0.3) is 0 Å². The topological polar surface area (TPSA) is 34.2 Å². The number of nitrogens with zero attached hydrogens (tertiary/aromatic N) is 2. The lowest BCUT2D eigenvalue weighted by Crippen LogP contribution is -2.34. The summed E-state index contributed by atoms with van der Waals surface area (Å²) in [6.07, 6.45) is 1.10. The molecule has 3 heteroatoms. The Morgan fingerprint density at radius 2 is 2.00 bits per heavy atom. The summed E-state index contributed by atoms with van der Waals surface area (Å²) >= 11 is 0. The highest BCUT2D eigenvalue weighted by molar-refractivity contribution is 5.85. The zero-order valence-electron chi connectivity index (χ0n) is 11.9. The van der Waals surface area contributed by atoms with Crippen molar-refractivity contribution in [3.8, 4) is 0 Å². The molecule has 0 radical (unpaired) electrons. The molecule has 0 spiro atoms. The van der Waals surface area contributed by atoms with E-state index >= 15 is 0 Å². The highest BCUT2D eigenvalue weighted by Gasteiger charge is 2.18. The maximum absolute atomic E-state index is 5.61. The van der Waals surface area contributed by atoms with Gasteiger partial charge >= 0.3 is 0 Å². The van der Waals surface area contributed by atoms with Gasteiger partial charge in [-0.2, -0.15) is 0 Å². The van der Waals surface area contributed by atoms with Gasteiger partial charge in [0, 0.05) is 36.2 Å². The number of aryl methyl sites for hydroxylation is 2. The quantitative estimate of drug-likeness (QED) is 0.916. The first-order valence-corrected chi connectivity index (χ1v) is 7.21. The average molecular weight is 257 g/mol. The second kappa shape index (κ2) is 4.99. The van der Waals surface area contributed by atoms with E-state index in [1.807, 2.05) is 0 Å². The third-order valence-electron chi connectivity index (χ3n) is 4.16. The van der Waals surface area contributed by atoms with Crippen molar-refractivity contribution in [1.82, 2.24) is 9.47 Å². The minimum atomic E-state index is 0.789. The van der Waals surface area contributed by atoms with Crippen LogP contribution in [0.25, 0.3) is 10.9 Å². The van der Waals surface area contributed by atoms with Crippen molar-refractivity contribution in [1.29, 1.82) is 0 Å². The second-order valence-electron chi connectivity index (χ2n) is 5.72. The summed E-state index contributed by atoms with van der Waals surface area (Å²) in [6, 6.07) is 6.97. The van der Waals surface area contributed by atoms with Gasteiger partial charge in [-0.15, -0.1) is 0 Å². The summed E-state index contributed by atoms with van der Waals surface area (Å²) in [4.78, 5) is 2.52. The Kier molecular flexibility index (Phi) is 3.33. The number of aromatic nitrogens is 1. The molecule has 0 amide bonds. The summed E-state index contributed by atoms with van der Waals surface area (Å²) in [5.74, 6) is 0. The number of hydrogen-bond donors (Lipinski definition) is 1. The predicted octanol–water partition coefficient (Wildman–Crippen LogP) is 2.42. The fourth-order valence-electron chi connectivity index (χ4n) is 3.22.